The molecule has 2 aromatic rings. The molecule has 0 saturated carbocycles. The largest absolute Gasteiger partial charge is 0.245 e. The monoisotopic (exact) mass is 253 g/mol. The Balaban J connectivity index is 2.57. The fourth-order valence-electron chi connectivity index (χ4n) is 1.18. The zero-order chi connectivity index (χ0) is 9.26. The van der Waals surface area contributed by atoms with Crippen LogP contribution >= 0.6 is 27.3 Å². The van der Waals surface area contributed by atoms with Gasteiger partial charge in [0.1, 0.15) is 0 Å². The minimum absolute atomic E-state index is 1.04. The Hall–Kier alpha value is -0.670. The van der Waals surface area contributed by atoms with Crippen LogP contribution in [0.3, 0.4) is 0 Å². The molecule has 1 heterocycles. The summed E-state index contributed by atoms with van der Waals surface area (Å²) in [5.41, 5.74) is 5.32. The maximum atomic E-state index is 4.28. The van der Waals surface area contributed by atoms with Gasteiger partial charge in [-0.05, 0) is 19.1 Å². The molecule has 66 valence electrons. The molecule has 0 aliphatic rings. The first-order valence-corrected chi connectivity index (χ1v) is 5.65. The number of halogens is 1. The number of hydrogen-bond donors (Lipinski definition) is 0. The SMILES string of the molecule is Cc1ccc(Br)c(-c2cscn2)c1. The van der Waals surface area contributed by atoms with Crippen LogP contribution in [0.2, 0.25) is 0 Å². The van der Waals surface area contributed by atoms with Gasteiger partial charge in [-0.2, -0.15) is 0 Å². The number of hydrogen-bond acceptors (Lipinski definition) is 2. The Morgan fingerprint density at radius 2 is 2.23 bits per heavy atom. The van der Waals surface area contributed by atoms with Crippen molar-refractivity contribution in [2.75, 3.05) is 0 Å². The van der Waals surface area contributed by atoms with Crippen LogP contribution < -0.4 is 0 Å². The number of nitrogens with zero attached hydrogens (tertiary/aromatic N) is 1. The van der Waals surface area contributed by atoms with Gasteiger partial charge in [0.15, 0.2) is 0 Å². The highest BCUT2D eigenvalue weighted by atomic mass is 79.9. The van der Waals surface area contributed by atoms with Crippen LogP contribution in [-0.4, -0.2) is 4.98 Å². The molecule has 0 spiro atoms. The smallest absolute Gasteiger partial charge is 0.0822 e. The zero-order valence-electron chi connectivity index (χ0n) is 7.12. The van der Waals surface area contributed by atoms with E-state index in [9.17, 15) is 0 Å². The summed E-state index contributed by atoms with van der Waals surface area (Å²) < 4.78 is 1.10. The molecule has 2 rings (SSSR count). The minimum Gasteiger partial charge on any atom is -0.245 e. The van der Waals surface area contributed by atoms with Crippen molar-refractivity contribution >= 4 is 27.3 Å². The highest BCUT2D eigenvalue weighted by Gasteiger charge is 2.04. The van der Waals surface area contributed by atoms with Crippen molar-refractivity contribution in [1.29, 1.82) is 0 Å². The third-order valence-electron chi connectivity index (χ3n) is 1.83. The average molecular weight is 254 g/mol. The molecule has 0 N–H and O–H groups in total. The fourth-order valence-corrected chi connectivity index (χ4v) is 2.18. The van der Waals surface area contributed by atoms with Gasteiger partial charge >= 0.3 is 0 Å². The predicted octanol–water partition coefficient (Wildman–Crippen LogP) is 3.88. The summed E-state index contributed by atoms with van der Waals surface area (Å²) in [7, 11) is 0. The summed E-state index contributed by atoms with van der Waals surface area (Å²) >= 11 is 5.13. The molecule has 0 aliphatic carbocycles. The Labute approximate surface area is 89.6 Å². The van der Waals surface area contributed by atoms with Crippen LogP contribution in [0.15, 0.2) is 33.6 Å². The number of rotatable bonds is 1. The van der Waals surface area contributed by atoms with E-state index in [0.29, 0.717) is 0 Å². The van der Waals surface area contributed by atoms with Gasteiger partial charge in [-0.1, -0.05) is 27.6 Å². The summed E-state index contributed by atoms with van der Waals surface area (Å²) in [4.78, 5) is 4.28. The van der Waals surface area contributed by atoms with Crippen molar-refractivity contribution in [2.24, 2.45) is 0 Å². The van der Waals surface area contributed by atoms with Gasteiger partial charge in [0, 0.05) is 15.4 Å². The first kappa shape index (κ1) is 8.91. The molecule has 0 radical (unpaired) electrons. The summed E-state index contributed by atoms with van der Waals surface area (Å²) in [6, 6.07) is 6.28. The zero-order valence-corrected chi connectivity index (χ0v) is 9.52. The minimum atomic E-state index is 1.04. The second-order valence-electron chi connectivity index (χ2n) is 2.86. The standard InChI is InChI=1S/C10H8BrNS/c1-7-2-3-9(11)8(4-7)10-5-13-6-12-10/h2-6H,1H3. The number of aryl methyl sites for hydroxylation is 1. The van der Waals surface area contributed by atoms with Gasteiger partial charge in [0.2, 0.25) is 0 Å². The van der Waals surface area contributed by atoms with Crippen molar-refractivity contribution in [3.05, 3.63) is 39.1 Å². The summed E-state index contributed by atoms with van der Waals surface area (Å²) in [5.74, 6) is 0. The molecule has 0 atom stereocenters. The van der Waals surface area contributed by atoms with Crippen LogP contribution in [0.25, 0.3) is 11.3 Å². The molecule has 0 bridgehead atoms. The van der Waals surface area contributed by atoms with Crippen LogP contribution in [0, 0.1) is 6.92 Å². The second-order valence-corrected chi connectivity index (χ2v) is 4.43. The predicted molar refractivity (Wildman–Crippen MR) is 60.0 cm³/mol. The Kier molecular flexibility index (Phi) is 2.47. The number of benzene rings is 1. The van der Waals surface area contributed by atoms with E-state index >= 15 is 0 Å². The number of thiazole rings is 1. The van der Waals surface area contributed by atoms with E-state index in [4.69, 9.17) is 0 Å². The molecule has 1 aromatic carbocycles. The third-order valence-corrected chi connectivity index (χ3v) is 3.11. The first-order valence-electron chi connectivity index (χ1n) is 3.92. The lowest BCUT2D eigenvalue weighted by Gasteiger charge is -2.01. The lowest BCUT2D eigenvalue weighted by Crippen LogP contribution is -1.81. The molecule has 0 unspecified atom stereocenters. The maximum Gasteiger partial charge on any atom is 0.0822 e. The van der Waals surface area contributed by atoms with E-state index in [2.05, 4.69) is 51.4 Å². The molecule has 3 heteroatoms. The normalized spacial score (nSPS) is 10.3. The Morgan fingerprint density at radius 1 is 1.38 bits per heavy atom. The van der Waals surface area contributed by atoms with Gasteiger partial charge < -0.3 is 0 Å². The van der Waals surface area contributed by atoms with E-state index in [1.807, 2.05) is 5.51 Å². The van der Waals surface area contributed by atoms with Crippen molar-refractivity contribution in [2.45, 2.75) is 6.92 Å². The molecular formula is C10H8BrNS. The lowest BCUT2D eigenvalue weighted by atomic mass is 10.1. The summed E-state index contributed by atoms with van der Waals surface area (Å²) in [5, 5.41) is 2.06. The Bertz CT molecular complexity index is 409. The van der Waals surface area contributed by atoms with Crippen LogP contribution in [0.1, 0.15) is 5.56 Å². The Morgan fingerprint density at radius 3 is 2.92 bits per heavy atom. The van der Waals surface area contributed by atoms with Crippen molar-refractivity contribution in [1.82, 2.24) is 4.98 Å². The highest BCUT2D eigenvalue weighted by molar-refractivity contribution is 9.10. The number of aromatic nitrogens is 1. The molecule has 0 amide bonds. The van der Waals surface area contributed by atoms with Crippen LogP contribution in [0.4, 0.5) is 0 Å². The average Bonchev–Trinajstić information content (AvgIpc) is 2.61. The van der Waals surface area contributed by atoms with Gasteiger partial charge in [-0.15, -0.1) is 11.3 Å². The van der Waals surface area contributed by atoms with Crippen molar-refractivity contribution in [3.8, 4) is 11.3 Å². The topological polar surface area (TPSA) is 12.9 Å². The molecule has 1 aromatic heterocycles. The molecule has 0 saturated heterocycles. The van der Waals surface area contributed by atoms with E-state index < -0.39 is 0 Å². The van der Waals surface area contributed by atoms with Gasteiger partial charge in [-0.3, -0.25) is 0 Å². The van der Waals surface area contributed by atoms with E-state index in [1.54, 1.807) is 11.3 Å². The molecule has 1 nitrogen and oxygen atoms in total. The van der Waals surface area contributed by atoms with Crippen molar-refractivity contribution < 1.29 is 0 Å². The van der Waals surface area contributed by atoms with Gasteiger partial charge in [0.25, 0.3) is 0 Å². The molecule has 0 aliphatic heterocycles. The van der Waals surface area contributed by atoms with Gasteiger partial charge in [-0.25, -0.2) is 4.98 Å². The third kappa shape index (κ3) is 1.81. The fraction of sp³-hybridized carbons (Fsp3) is 0.100. The first-order chi connectivity index (χ1) is 6.27. The van der Waals surface area contributed by atoms with E-state index in [-0.39, 0.29) is 0 Å². The quantitative estimate of drug-likeness (QED) is 0.752. The lowest BCUT2D eigenvalue weighted by molar-refractivity contribution is 1.38. The summed E-state index contributed by atoms with van der Waals surface area (Å²) in [6.45, 7) is 2.09. The van der Waals surface area contributed by atoms with E-state index in [0.717, 1.165) is 10.2 Å². The van der Waals surface area contributed by atoms with Crippen LogP contribution in [0.5, 0.6) is 0 Å². The second kappa shape index (κ2) is 3.60. The molecule has 0 fully saturated rings. The van der Waals surface area contributed by atoms with Gasteiger partial charge in [0.05, 0.1) is 11.2 Å². The molecule has 13 heavy (non-hydrogen) atoms. The summed E-state index contributed by atoms with van der Waals surface area (Å²) in [6.07, 6.45) is 0. The van der Waals surface area contributed by atoms with Crippen molar-refractivity contribution in [3.63, 3.8) is 0 Å². The maximum absolute atomic E-state index is 4.28. The van der Waals surface area contributed by atoms with Crippen LogP contribution in [-0.2, 0) is 0 Å². The van der Waals surface area contributed by atoms with E-state index in [1.165, 1.54) is 11.1 Å². The highest BCUT2D eigenvalue weighted by Crippen LogP contribution is 2.28. The molecular weight excluding hydrogens is 246 g/mol.